The predicted octanol–water partition coefficient (Wildman–Crippen LogP) is 2.93. The molecule has 0 unspecified atom stereocenters. The minimum absolute atomic E-state index is 0.126. The van der Waals surface area contributed by atoms with E-state index in [1.54, 1.807) is 11.8 Å². The molecule has 3 nitrogen and oxygen atoms in total. The maximum atomic E-state index is 8.55. The van der Waals surface area contributed by atoms with Crippen LogP contribution in [-0.4, -0.2) is 11.0 Å². The Bertz CT molecular complexity index is 509. The molecule has 3 N–H and O–H groups in total. The normalized spacial score (nSPS) is 11.4. The maximum absolute atomic E-state index is 8.55. The number of rotatable bonds is 3. The number of oxime groups is 1. The average molecular weight is 244 g/mol. The fourth-order valence-corrected chi connectivity index (χ4v) is 2.21. The van der Waals surface area contributed by atoms with E-state index in [4.69, 9.17) is 10.9 Å². The van der Waals surface area contributed by atoms with Crippen molar-refractivity contribution in [2.24, 2.45) is 10.9 Å². The fraction of sp³-hybridized carbons (Fsp3) is 0. The molecule has 0 atom stereocenters. The van der Waals surface area contributed by atoms with Crippen LogP contribution < -0.4 is 5.73 Å². The predicted molar refractivity (Wildman–Crippen MR) is 69.5 cm³/mol. The van der Waals surface area contributed by atoms with E-state index in [1.807, 2.05) is 42.5 Å². The SMILES string of the molecule is NC(=NO)c1ccc(Sc2ccccc2)cc1. The summed E-state index contributed by atoms with van der Waals surface area (Å²) in [4.78, 5) is 2.30. The molecule has 0 spiro atoms. The van der Waals surface area contributed by atoms with E-state index in [0.717, 1.165) is 4.90 Å². The van der Waals surface area contributed by atoms with Crippen LogP contribution in [0.4, 0.5) is 0 Å². The fourth-order valence-electron chi connectivity index (χ4n) is 1.38. The molecular formula is C13H12N2OS. The van der Waals surface area contributed by atoms with Gasteiger partial charge in [-0.3, -0.25) is 0 Å². The molecule has 0 aliphatic rings. The van der Waals surface area contributed by atoms with Gasteiger partial charge in [-0.1, -0.05) is 47.2 Å². The van der Waals surface area contributed by atoms with Gasteiger partial charge in [-0.2, -0.15) is 0 Å². The van der Waals surface area contributed by atoms with Gasteiger partial charge >= 0.3 is 0 Å². The lowest BCUT2D eigenvalue weighted by atomic mass is 10.2. The lowest BCUT2D eigenvalue weighted by Gasteiger charge is -2.03. The molecule has 17 heavy (non-hydrogen) atoms. The van der Waals surface area contributed by atoms with Crippen molar-refractivity contribution in [1.82, 2.24) is 0 Å². The van der Waals surface area contributed by atoms with Crippen LogP contribution in [0.15, 0.2) is 69.5 Å². The molecular weight excluding hydrogens is 232 g/mol. The number of amidine groups is 1. The van der Waals surface area contributed by atoms with Crippen molar-refractivity contribution in [3.63, 3.8) is 0 Å². The van der Waals surface area contributed by atoms with E-state index < -0.39 is 0 Å². The largest absolute Gasteiger partial charge is 0.409 e. The van der Waals surface area contributed by atoms with E-state index >= 15 is 0 Å². The zero-order valence-electron chi connectivity index (χ0n) is 9.08. The summed E-state index contributed by atoms with van der Waals surface area (Å²) in [5.74, 6) is 0.126. The molecule has 0 aromatic heterocycles. The Morgan fingerprint density at radius 2 is 1.53 bits per heavy atom. The molecule has 2 aromatic rings. The Morgan fingerprint density at radius 3 is 2.12 bits per heavy atom. The Balaban J connectivity index is 2.14. The third kappa shape index (κ3) is 3.01. The van der Waals surface area contributed by atoms with Crippen LogP contribution in [-0.2, 0) is 0 Å². The first-order chi connectivity index (χ1) is 8.29. The van der Waals surface area contributed by atoms with Crippen LogP contribution in [0.2, 0.25) is 0 Å². The minimum atomic E-state index is 0.126. The van der Waals surface area contributed by atoms with Gasteiger partial charge in [0.15, 0.2) is 5.84 Å². The van der Waals surface area contributed by atoms with Crippen LogP contribution in [0.1, 0.15) is 5.56 Å². The second kappa shape index (κ2) is 5.41. The molecule has 0 bridgehead atoms. The molecule has 0 aliphatic carbocycles. The number of nitrogens with two attached hydrogens (primary N) is 1. The number of hydrogen-bond acceptors (Lipinski definition) is 3. The minimum Gasteiger partial charge on any atom is -0.409 e. The monoisotopic (exact) mass is 244 g/mol. The van der Waals surface area contributed by atoms with Crippen molar-refractivity contribution < 1.29 is 5.21 Å². The number of benzene rings is 2. The second-order valence-corrected chi connectivity index (χ2v) is 4.57. The molecule has 0 heterocycles. The molecule has 0 fully saturated rings. The van der Waals surface area contributed by atoms with Crippen LogP contribution in [0, 0.1) is 0 Å². The highest BCUT2D eigenvalue weighted by Gasteiger charge is 2.00. The molecule has 2 aromatic carbocycles. The molecule has 0 amide bonds. The van der Waals surface area contributed by atoms with Gasteiger partial charge in [-0.05, 0) is 24.3 Å². The molecule has 0 radical (unpaired) electrons. The number of hydrogen-bond donors (Lipinski definition) is 2. The molecule has 86 valence electrons. The van der Waals surface area contributed by atoms with Gasteiger partial charge in [0.05, 0.1) is 0 Å². The van der Waals surface area contributed by atoms with Gasteiger partial charge in [0.25, 0.3) is 0 Å². The second-order valence-electron chi connectivity index (χ2n) is 3.42. The Labute approximate surface area is 104 Å². The molecule has 0 saturated heterocycles. The van der Waals surface area contributed by atoms with E-state index in [-0.39, 0.29) is 5.84 Å². The quantitative estimate of drug-likeness (QED) is 0.378. The Morgan fingerprint density at radius 1 is 0.941 bits per heavy atom. The van der Waals surface area contributed by atoms with Crippen molar-refractivity contribution in [2.45, 2.75) is 9.79 Å². The first-order valence-electron chi connectivity index (χ1n) is 5.10. The topological polar surface area (TPSA) is 58.6 Å². The van der Waals surface area contributed by atoms with Crippen LogP contribution in [0.5, 0.6) is 0 Å². The lowest BCUT2D eigenvalue weighted by molar-refractivity contribution is 0.318. The molecule has 0 saturated carbocycles. The first kappa shape index (κ1) is 11.5. The third-order valence-corrected chi connectivity index (χ3v) is 3.25. The molecule has 2 rings (SSSR count). The summed E-state index contributed by atoms with van der Waals surface area (Å²) in [6.07, 6.45) is 0. The van der Waals surface area contributed by atoms with Gasteiger partial charge < -0.3 is 10.9 Å². The highest BCUT2D eigenvalue weighted by atomic mass is 32.2. The lowest BCUT2D eigenvalue weighted by Crippen LogP contribution is -2.12. The average Bonchev–Trinajstić information content (AvgIpc) is 2.40. The van der Waals surface area contributed by atoms with Gasteiger partial charge in [0, 0.05) is 15.4 Å². The zero-order chi connectivity index (χ0) is 12.1. The standard InChI is InChI=1S/C13H12N2OS/c14-13(15-16)10-6-8-12(9-7-10)17-11-4-2-1-3-5-11/h1-9,16H,(H2,14,15). The number of nitrogens with zero attached hydrogens (tertiary/aromatic N) is 1. The summed E-state index contributed by atoms with van der Waals surface area (Å²) < 4.78 is 0. The van der Waals surface area contributed by atoms with Gasteiger partial charge in [-0.25, -0.2) is 0 Å². The van der Waals surface area contributed by atoms with E-state index in [0.29, 0.717) is 5.56 Å². The van der Waals surface area contributed by atoms with Crippen molar-refractivity contribution in [3.05, 3.63) is 60.2 Å². The first-order valence-corrected chi connectivity index (χ1v) is 5.92. The smallest absolute Gasteiger partial charge is 0.170 e. The highest BCUT2D eigenvalue weighted by Crippen LogP contribution is 2.27. The van der Waals surface area contributed by atoms with E-state index in [2.05, 4.69) is 17.3 Å². The maximum Gasteiger partial charge on any atom is 0.170 e. The van der Waals surface area contributed by atoms with Crippen molar-refractivity contribution in [2.75, 3.05) is 0 Å². The van der Waals surface area contributed by atoms with Crippen LogP contribution in [0.25, 0.3) is 0 Å². The Kier molecular flexibility index (Phi) is 3.67. The van der Waals surface area contributed by atoms with Gasteiger partial charge in [0.2, 0.25) is 0 Å². The summed E-state index contributed by atoms with van der Waals surface area (Å²) in [6, 6.07) is 17.7. The summed E-state index contributed by atoms with van der Waals surface area (Å²) in [5, 5.41) is 11.5. The van der Waals surface area contributed by atoms with Crippen LogP contribution in [0.3, 0.4) is 0 Å². The zero-order valence-corrected chi connectivity index (χ0v) is 9.89. The summed E-state index contributed by atoms with van der Waals surface area (Å²) in [7, 11) is 0. The summed E-state index contributed by atoms with van der Waals surface area (Å²) >= 11 is 1.67. The van der Waals surface area contributed by atoms with Crippen molar-refractivity contribution in [3.8, 4) is 0 Å². The Hall–Kier alpha value is -1.94. The molecule has 4 heteroatoms. The van der Waals surface area contributed by atoms with Crippen molar-refractivity contribution in [1.29, 1.82) is 0 Å². The van der Waals surface area contributed by atoms with Gasteiger partial charge in [-0.15, -0.1) is 0 Å². The van der Waals surface area contributed by atoms with Gasteiger partial charge in [0.1, 0.15) is 0 Å². The molecule has 0 aliphatic heterocycles. The summed E-state index contributed by atoms with van der Waals surface area (Å²) in [5.41, 5.74) is 6.20. The van der Waals surface area contributed by atoms with Crippen LogP contribution >= 0.6 is 11.8 Å². The highest BCUT2D eigenvalue weighted by molar-refractivity contribution is 7.99. The van der Waals surface area contributed by atoms with Crippen molar-refractivity contribution >= 4 is 17.6 Å². The van der Waals surface area contributed by atoms with E-state index in [9.17, 15) is 0 Å². The summed E-state index contributed by atoms with van der Waals surface area (Å²) in [6.45, 7) is 0. The third-order valence-electron chi connectivity index (χ3n) is 2.24. The van der Waals surface area contributed by atoms with E-state index in [1.165, 1.54) is 4.90 Å².